The second-order valence-electron chi connectivity index (χ2n) is 3.85. The van der Waals surface area contributed by atoms with E-state index in [-0.39, 0.29) is 11.7 Å². The monoisotopic (exact) mass is 253 g/mol. The highest BCUT2D eigenvalue weighted by Crippen LogP contribution is 2.22. The number of hydrogen-bond acceptors (Lipinski definition) is 5. The fraction of sp³-hybridized carbons (Fsp3) is 0.462. The highest BCUT2D eigenvalue weighted by Gasteiger charge is 2.13. The van der Waals surface area contributed by atoms with Crippen LogP contribution in [0.4, 0.5) is 0 Å². The van der Waals surface area contributed by atoms with E-state index in [1.807, 2.05) is 0 Å². The molecular formula is C13H19NO4. The third kappa shape index (κ3) is 3.92. The van der Waals surface area contributed by atoms with Crippen molar-refractivity contribution < 1.29 is 19.4 Å². The van der Waals surface area contributed by atoms with Gasteiger partial charge in [-0.05, 0) is 32.0 Å². The van der Waals surface area contributed by atoms with Gasteiger partial charge in [0.1, 0.15) is 17.5 Å². The topological polar surface area (TPSA) is 67.8 Å². The lowest BCUT2D eigenvalue weighted by molar-refractivity contribution is -0.145. The number of carbonyl (C=O) groups excluding carboxylic acids is 1. The van der Waals surface area contributed by atoms with Crippen molar-refractivity contribution in [2.75, 3.05) is 13.7 Å². The average Bonchev–Trinajstić information content (AvgIpc) is 2.37. The van der Waals surface area contributed by atoms with Gasteiger partial charge >= 0.3 is 5.97 Å². The minimum absolute atomic E-state index is 0.166. The summed E-state index contributed by atoms with van der Waals surface area (Å²) >= 11 is 0. The molecule has 2 N–H and O–H groups in total. The number of phenolic OH excluding ortho intramolecular Hbond substituents is 1. The SMILES string of the molecule is CCOC(=O)C(C)NCc1cc(OC)ccc1O. The third-order valence-electron chi connectivity index (χ3n) is 2.53. The maximum absolute atomic E-state index is 11.4. The number of nitrogens with one attached hydrogen (secondary N) is 1. The lowest BCUT2D eigenvalue weighted by Gasteiger charge is -2.13. The maximum Gasteiger partial charge on any atom is 0.322 e. The predicted octanol–water partition coefficient (Wildman–Crippen LogP) is 1.44. The summed E-state index contributed by atoms with van der Waals surface area (Å²) in [6, 6.07) is 4.54. The molecule has 0 radical (unpaired) electrons. The summed E-state index contributed by atoms with van der Waals surface area (Å²) in [5.41, 5.74) is 0.672. The fourth-order valence-corrected chi connectivity index (χ4v) is 1.44. The van der Waals surface area contributed by atoms with Crippen LogP contribution in [0.1, 0.15) is 19.4 Å². The van der Waals surface area contributed by atoms with E-state index in [9.17, 15) is 9.90 Å². The number of phenols is 1. The first-order chi connectivity index (χ1) is 8.58. The van der Waals surface area contributed by atoms with Crippen LogP contribution in [-0.2, 0) is 16.1 Å². The molecule has 0 aromatic heterocycles. The summed E-state index contributed by atoms with van der Waals surface area (Å²) in [5, 5.41) is 12.7. The van der Waals surface area contributed by atoms with Crippen molar-refractivity contribution in [2.24, 2.45) is 0 Å². The molecule has 0 aliphatic rings. The van der Waals surface area contributed by atoms with E-state index in [0.29, 0.717) is 24.5 Å². The van der Waals surface area contributed by atoms with E-state index >= 15 is 0 Å². The Bertz CT molecular complexity index is 406. The van der Waals surface area contributed by atoms with Crippen LogP contribution in [0.5, 0.6) is 11.5 Å². The van der Waals surface area contributed by atoms with Gasteiger partial charge in [0.25, 0.3) is 0 Å². The zero-order valence-corrected chi connectivity index (χ0v) is 10.9. The molecule has 5 nitrogen and oxygen atoms in total. The largest absolute Gasteiger partial charge is 0.508 e. The van der Waals surface area contributed by atoms with Gasteiger partial charge in [0, 0.05) is 12.1 Å². The minimum Gasteiger partial charge on any atom is -0.508 e. The van der Waals surface area contributed by atoms with E-state index in [2.05, 4.69) is 5.32 Å². The van der Waals surface area contributed by atoms with Gasteiger partial charge in [-0.1, -0.05) is 0 Å². The second kappa shape index (κ2) is 6.86. The molecule has 1 rings (SSSR count). The molecular weight excluding hydrogens is 234 g/mol. The summed E-state index contributed by atoms with van der Waals surface area (Å²) < 4.78 is 9.95. The standard InChI is InChI=1S/C13H19NO4/c1-4-18-13(16)9(2)14-8-10-7-11(17-3)5-6-12(10)15/h5-7,9,14-15H,4,8H2,1-3H3. The van der Waals surface area contributed by atoms with Gasteiger partial charge in [0.05, 0.1) is 13.7 Å². The number of esters is 1. The van der Waals surface area contributed by atoms with Crippen molar-refractivity contribution >= 4 is 5.97 Å². The Morgan fingerprint density at radius 2 is 2.22 bits per heavy atom. The van der Waals surface area contributed by atoms with Crippen molar-refractivity contribution in [3.05, 3.63) is 23.8 Å². The first-order valence-corrected chi connectivity index (χ1v) is 5.84. The molecule has 1 aromatic rings. The molecule has 0 aliphatic heterocycles. The van der Waals surface area contributed by atoms with E-state index in [1.165, 1.54) is 0 Å². The zero-order valence-electron chi connectivity index (χ0n) is 10.9. The zero-order chi connectivity index (χ0) is 13.5. The van der Waals surface area contributed by atoms with E-state index in [1.54, 1.807) is 39.2 Å². The Balaban J connectivity index is 2.60. The van der Waals surface area contributed by atoms with Gasteiger partial charge < -0.3 is 19.9 Å². The number of carbonyl (C=O) groups is 1. The van der Waals surface area contributed by atoms with E-state index in [4.69, 9.17) is 9.47 Å². The van der Waals surface area contributed by atoms with Gasteiger partial charge in [0.2, 0.25) is 0 Å². The van der Waals surface area contributed by atoms with Crippen molar-refractivity contribution in [3.63, 3.8) is 0 Å². The van der Waals surface area contributed by atoms with Gasteiger partial charge in [-0.25, -0.2) is 0 Å². The van der Waals surface area contributed by atoms with Crippen LogP contribution in [0.25, 0.3) is 0 Å². The molecule has 0 spiro atoms. The van der Waals surface area contributed by atoms with Crippen LogP contribution >= 0.6 is 0 Å². The molecule has 0 heterocycles. The number of hydrogen-bond donors (Lipinski definition) is 2. The number of aromatic hydroxyl groups is 1. The highest BCUT2D eigenvalue weighted by molar-refractivity contribution is 5.75. The Morgan fingerprint density at radius 1 is 1.50 bits per heavy atom. The van der Waals surface area contributed by atoms with Gasteiger partial charge in [-0.15, -0.1) is 0 Å². The first kappa shape index (κ1) is 14.3. The van der Waals surface area contributed by atoms with Crippen LogP contribution in [-0.4, -0.2) is 30.8 Å². The summed E-state index contributed by atoms with van der Waals surface area (Å²) in [5.74, 6) is 0.521. The number of methoxy groups -OCH3 is 1. The van der Waals surface area contributed by atoms with Crippen molar-refractivity contribution in [1.82, 2.24) is 5.32 Å². The summed E-state index contributed by atoms with van der Waals surface area (Å²) in [7, 11) is 1.56. The molecule has 0 amide bonds. The average molecular weight is 253 g/mol. The molecule has 0 bridgehead atoms. The minimum atomic E-state index is -0.421. The first-order valence-electron chi connectivity index (χ1n) is 5.84. The molecule has 1 unspecified atom stereocenters. The molecule has 5 heteroatoms. The number of ether oxygens (including phenoxy) is 2. The third-order valence-corrected chi connectivity index (χ3v) is 2.53. The van der Waals surface area contributed by atoms with Crippen molar-refractivity contribution in [2.45, 2.75) is 26.4 Å². The molecule has 1 atom stereocenters. The van der Waals surface area contributed by atoms with Crippen molar-refractivity contribution in [3.8, 4) is 11.5 Å². The van der Waals surface area contributed by atoms with Gasteiger partial charge in [-0.3, -0.25) is 4.79 Å². The Kier molecular flexibility index (Phi) is 5.45. The highest BCUT2D eigenvalue weighted by atomic mass is 16.5. The lowest BCUT2D eigenvalue weighted by atomic mass is 10.2. The number of benzene rings is 1. The van der Waals surface area contributed by atoms with Crippen molar-refractivity contribution in [1.29, 1.82) is 0 Å². The summed E-state index contributed by atoms with van der Waals surface area (Å²) in [6.07, 6.45) is 0. The van der Waals surface area contributed by atoms with E-state index < -0.39 is 6.04 Å². The van der Waals surface area contributed by atoms with Crippen LogP contribution in [0.3, 0.4) is 0 Å². The van der Waals surface area contributed by atoms with Crippen LogP contribution in [0.2, 0.25) is 0 Å². The van der Waals surface area contributed by atoms with Crippen LogP contribution in [0.15, 0.2) is 18.2 Å². The molecule has 0 saturated heterocycles. The normalized spacial score (nSPS) is 11.9. The maximum atomic E-state index is 11.4. The quantitative estimate of drug-likeness (QED) is 0.751. The smallest absolute Gasteiger partial charge is 0.322 e. The Hall–Kier alpha value is -1.75. The van der Waals surface area contributed by atoms with Gasteiger partial charge in [0.15, 0.2) is 0 Å². The summed E-state index contributed by atoms with van der Waals surface area (Å²) in [4.78, 5) is 11.4. The van der Waals surface area contributed by atoms with Crippen LogP contribution < -0.4 is 10.1 Å². The molecule has 0 fully saturated rings. The van der Waals surface area contributed by atoms with Gasteiger partial charge in [-0.2, -0.15) is 0 Å². The Morgan fingerprint density at radius 3 is 2.83 bits per heavy atom. The molecule has 100 valence electrons. The molecule has 18 heavy (non-hydrogen) atoms. The Labute approximate surface area is 107 Å². The molecule has 1 aromatic carbocycles. The summed E-state index contributed by atoms with van der Waals surface area (Å²) in [6.45, 7) is 4.20. The van der Waals surface area contributed by atoms with E-state index in [0.717, 1.165) is 0 Å². The molecule has 0 saturated carbocycles. The predicted molar refractivity (Wildman–Crippen MR) is 67.6 cm³/mol. The fourth-order valence-electron chi connectivity index (χ4n) is 1.44. The second-order valence-corrected chi connectivity index (χ2v) is 3.85. The molecule has 0 aliphatic carbocycles. The lowest BCUT2D eigenvalue weighted by Crippen LogP contribution is -2.34. The van der Waals surface area contributed by atoms with Crippen LogP contribution in [0, 0.1) is 0 Å². The number of rotatable bonds is 6.